The van der Waals surface area contributed by atoms with Crippen molar-refractivity contribution in [1.29, 1.82) is 0 Å². The van der Waals surface area contributed by atoms with Gasteiger partial charge in [0.05, 0.1) is 18.9 Å². The van der Waals surface area contributed by atoms with Crippen LogP contribution in [-0.2, 0) is 0 Å². The van der Waals surface area contributed by atoms with Gasteiger partial charge in [-0.25, -0.2) is 13.8 Å². The average molecular weight is 396 g/mol. The van der Waals surface area contributed by atoms with Crippen LogP contribution in [0.15, 0.2) is 64.3 Å². The number of benzene rings is 2. The van der Waals surface area contributed by atoms with E-state index in [1.165, 1.54) is 6.07 Å². The van der Waals surface area contributed by atoms with Gasteiger partial charge in [0.2, 0.25) is 6.23 Å². The fourth-order valence-electron chi connectivity index (χ4n) is 3.83. The normalized spacial score (nSPS) is 20.0. The molecule has 2 aliphatic heterocycles. The molecule has 2 aromatic carbocycles. The van der Waals surface area contributed by atoms with Crippen molar-refractivity contribution >= 4 is 5.71 Å². The number of fused-ring (bicyclic) bond motifs is 3. The van der Waals surface area contributed by atoms with Gasteiger partial charge in [-0.2, -0.15) is 5.10 Å². The van der Waals surface area contributed by atoms with Crippen molar-refractivity contribution in [2.24, 2.45) is 5.10 Å². The largest absolute Gasteiger partial charge is 0.490 e. The summed E-state index contributed by atoms with van der Waals surface area (Å²) in [5.41, 5.74) is 2.17. The predicted molar refractivity (Wildman–Crippen MR) is 102 cm³/mol. The first kappa shape index (κ1) is 17.7. The number of hydrogen-bond acceptors (Lipinski definition) is 5. The first-order valence-electron chi connectivity index (χ1n) is 9.42. The number of hydrazone groups is 1. The Balaban J connectivity index is 1.63. The van der Waals surface area contributed by atoms with Crippen LogP contribution >= 0.6 is 0 Å². The number of halogens is 2. The molecule has 7 heteroatoms. The maximum absolute atomic E-state index is 13.9. The Morgan fingerprint density at radius 3 is 2.79 bits per heavy atom. The van der Waals surface area contributed by atoms with E-state index in [1.54, 1.807) is 17.3 Å². The summed E-state index contributed by atoms with van der Waals surface area (Å²) in [6.07, 6.45) is 1.47. The van der Waals surface area contributed by atoms with Gasteiger partial charge in [0, 0.05) is 17.5 Å². The molecule has 0 fully saturated rings. The Hall–Kier alpha value is -3.35. The molecule has 0 bridgehead atoms. The zero-order chi connectivity index (χ0) is 20.0. The standard InChI is InChI=1S/C22H18F2N2O3/c1-2-27-20-6-3-5-14-18-12-17(19-7-4-10-28-19)25-26(18)22(29-21(14)20)13-8-9-15(23)16(24)11-13/h3-11,18,22H,2,12H2,1H3/t18-,22+/m1/s1. The van der Waals surface area contributed by atoms with Crippen molar-refractivity contribution in [2.45, 2.75) is 25.6 Å². The summed E-state index contributed by atoms with van der Waals surface area (Å²) in [6.45, 7) is 2.38. The topological polar surface area (TPSA) is 47.2 Å². The first-order chi connectivity index (χ1) is 14.2. The van der Waals surface area contributed by atoms with Gasteiger partial charge < -0.3 is 13.9 Å². The molecule has 5 rings (SSSR count). The third-order valence-electron chi connectivity index (χ3n) is 5.11. The number of rotatable bonds is 4. The smallest absolute Gasteiger partial charge is 0.214 e. The van der Waals surface area contributed by atoms with E-state index < -0.39 is 17.9 Å². The van der Waals surface area contributed by atoms with E-state index in [9.17, 15) is 8.78 Å². The van der Waals surface area contributed by atoms with Crippen LogP contribution in [0.25, 0.3) is 0 Å². The lowest BCUT2D eigenvalue weighted by Gasteiger charge is -2.38. The molecule has 29 heavy (non-hydrogen) atoms. The fourth-order valence-corrected chi connectivity index (χ4v) is 3.83. The number of furan rings is 1. The molecule has 0 radical (unpaired) electrons. The summed E-state index contributed by atoms with van der Waals surface area (Å²) in [4.78, 5) is 0. The van der Waals surface area contributed by atoms with Crippen molar-refractivity contribution in [3.05, 3.63) is 83.3 Å². The van der Waals surface area contributed by atoms with Gasteiger partial charge in [-0.05, 0) is 37.3 Å². The molecule has 3 aromatic rings. The molecule has 148 valence electrons. The molecule has 0 aliphatic carbocycles. The predicted octanol–water partition coefficient (Wildman–Crippen LogP) is 5.20. The minimum atomic E-state index is -0.930. The molecule has 0 saturated heterocycles. The van der Waals surface area contributed by atoms with Crippen molar-refractivity contribution in [1.82, 2.24) is 5.01 Å². The summed E-state index contributed by atoms with van der Waals surface area (Å²) in [6, 6.07) is 13.0. The lowest BCUT2D eigenvalue weighted by atomic mass is 9.97. The number of para-hydroxylation sites is 1. The third kappa shape index (κ3) is 2.93. The highest BCUT2D eigenvalue weighted by atomic mass is 19.2. The third-order valence-corrected chi connectivity index (χ3v) is 5.11. The van der Waals surface area contributed by atoms with Crippen LogP contribution in [0.2, 0.25) is 0 Å². The summed E-state index contributed by atoms with van der Waals surface area (Å²) in [7, 11) is 0. The fraction of sp³-hybridized carbons (Fsp3) is 0.227. The number of nitrogens with zero attached hydrogens (tertiary/aromatic N) is 2. The molecule has 0 amide bonds. The van der Waals surface area contributed by atoms with Crippen molar-refractivity contribution in [2.75, 3.05) is 6.61 Å². The second-order valence-corrected chi connectivity index (χ2v) is 6.88. The highest BCUT2D eigenvalue weighted by Crippen LogP contribution is 2.50. The summed E-state index contributed by atoms with van der Waals surface area (Å²) in [5, 5.41) is 6.49. The van der Waals surface area contributed by atoms with E-state index in [1.807, 2.05) is 31.2 Å². The van der Waals surface area contributed by atoms with Crippen LogP contribution in [0, 0.1) is 11.6 Å². The summed E-state index contributed by atoms with van der Waals surface area (Å²) < 4.78 is 45.0. The van der Waals surface area contributed by atoms with Crippen molar-refractivity contribution < 1.29 is 22.7 Å². The molecular formula is C22H18F2N2O3. The second kappa shape index (κ2) is 6.92. The summed E-state index contributed by atoms with van der Waals surface area (Å²) in [5.74, 6) is 0.0505. The SMILES string of the molecule is CCOc1cccc2c1O[C@@H](c1ccc(F)c(F)c1)N1N=C(c3ccco3)C[C@H]21. The van der Waals surface area contributed by atoms with Crippen LogP contribution in [0.3, 0.4) is 0 Å². The van der Waals surface area contributed by atoms with E-state index in [4.69, 9.17) is 19.0 Å². The molecule has 1 aromatic heterocycles. The lowest BCUT2D eigenvalue weighted by molar-refractivity contribution is -0.0214. The van der Waals surface area contributed by atoms with Crippen molar-refractivity contribution in [3.8, 4) is 11.5 Å². The molecule has 5 nitrogen and oxygen atoms in total. The molecule has 0 saturated carbocycles. The van der Waals surface area contributed by atoms with E-state index in [0.717, 1.165) is 23.4 Å². The first-order valence-corrected chi connectivity index (χ1v) is 9.42. The molecule has 0 unspecified atom stereocenters. The maximum Gasteiger partial charge on any atom is 0.214 e. The van der Waals surface area contributed by atoms with Gasteiger partial charge >= 0.3 is 0 Å². The second-order valence-electron chi connectivity index (χ2n) is 6.88. The van der Waals surface area contributed by atoms with E-state index in [2.05, 4.69) is 0 Å². The van der Waals surface area contributed by atoms with E-state index in [-0.39, 0.29) is 6.04 Å². The summed E-state index contributed by atoms with van der Waals surface area (Å²) >= 11 is 0. The highest BCUT2D eigenvalue weighted by molar-refractivity contribution is 5.99. The van der Waals surface area contributed by atoms with Gasteiger partial charge in [0.25, 0.3) is 0 Å². The van der Waals surface area contributed by atoms with Crippen LogP contribution in [0.5, 0.6) is 11.5 Å². The minimum Gasteiger partial charge on any atom is -0.490 e. The van der Waals surface area contributed by atoms with Gasteiger partial charge in [-0.3, -0.25) is 0 Å². The van der Waals surface area contributed by atoms with Crippen LogP contribution in [-0.4, -0.2) is 17.3 Å². The quantitative estimate of drug-likeness (QED) is 0.608. The zero-order valence-electron chi connectivity index (χ0n) is 15.6. The highest BCUT2D eigenvalue weighted by Gasteiger charge is 2.42. The number of hydrogen-bond donors (Lipinski definition) is 0. The van der Waals surface area contributed by atoms with E-state index in [0.29, 0.717) is 35.9 Å². The molecular weight excluding hydrogens is 378 g/mol. The van der Waals surface area contributed by atoms with Crippen LogP contribution < -0.4 is 9.47 Å². The Morgan fingerprint density at radius 2 is 2.03 bits per heavy atom. The van der Waals surface area contributed by atoms with Crippen LogP contribution in [0.1, 0.15) is 42.5 Å². The Kier molecular flexibility index (Phi) is 4.23. The van der Waals surface area contributed by atoms with Gasteiger partial charge in [0.15, 0.2) is 23.1 Å². The number of ether oxygens (including phenoxy) is 2. The Morgan fingerprint density at radius 1 is 1.14 bits per heavy atom. The monoisotopic (exact) mass is 396 g/mol. The zero-order valence-corrected chi connectivity index (χ0v) is 15.6. The molecule has 0 N–H and O–H groups in total. The average Bonchev–Trinajstić information content (AvgIpc) is 3.40. The molecule has 0 spiro atoms. The molecule has 3 heterocycles. The van der Waals surface area contributed by atoms with Gasteiger partial charge in [-0.15, -0.1) is 0 Å². The maximum atomic E-state index is 13.9. The van der Waals surface area contributed by atoms with E-state index >= 15 is 0 Å². The Bertz CT molecular complexity index is 1080. The minimum absolute atomic E-state index is 0.141. The molecule has 2 atom stereocenters. The van der Waals surface area contributed by atoms with Gasteiger partial charge in [0.1, 0.15) is 11.5 Å². The molecule has 2 aliphatic rings. The van der Waals surface area contributed by atoms with Gasteiger partial charge in [-0.1, -0.05) is 18.2 Å². The Labute approximate surface area is 166 Å². The van der Waals surface area contributed by atoms with Crippen LogP contribution in [0.4, 0.5) is 8.78 Å². The van der Waals surface area contributed by atoms with Crippen molar-refractivity contribution in [3.63, 3.8) is 0 Å². The lowest BCUT2D eigenvalue weighted by Crippen LogP contribution is -2.34.